The number of hydrogen-bond donors (Lipinski definition) is 0. The van der Waals surface area contributed by atoms with Crippen LogP contribution in [0.15, 0.2) is 55.1 Å². The Kier molecular flexibility index (Phi) is 5.50. The standard InChI is InChI=1S/C23H27F/c1-3-4-5-18-8-12-20(13-9-18)22-15-14-21(16-23(22)24)19-10-6-17(2)7-11-19/h3,8-9,12-17,19H,1,4-7,10-11H2,2H3. The highest BCUT2D eigenvalue weighted by atomic mass is 19.1. The maximum absolute atomic E-state index is 14.7. The van der Waals surface area contributed by atoms with E-state index in [0.717, 1.165) is 24.3 Å². The zero-order valence-corrected chi connectivity index (χ0v) is 14.6. The van der Waals surface area contributed by atoms with Gasteiger partial charge >= 0.3 is 0 Å². The van der Waals surface area contributed by atoms with E-state index in [2.05, 4.69) is 31.7 Å². The second kappa shape index (κ2) is 7.79. The van der Waals surface area contributed by atoms with Gasteiger partial charge in [0.05, 0.1) is 0 Å². The zero-order chi connectivity index (χ0) is 16.9. The number of hydrogen-bond acceptors (Lipinski definition) is 0. The van der Waals surface area contributed by atoms with Gasteiger partial charge < -0.3 is 0 Å². The van der Waals surface area contributed by atoms with Crippen LogP contribution in [0.1, 0.15) is 56.1 Å². The van der Waals surface area contributed by atoms with Crippen LogP contribution in [0.3, 0.4) is 0 Å². The van der Waals surface area contributed by atoms with Crippen molar-refractivity contribution in [2.75, 3.05) is 0 Å². The number of halogens is 1. The quantitative estimate of drug-likeness (QED) is 0.525. The minimum atomic E-state index is -0.0926. The van der Waals surface area contributed by atoms with Crippen LogP contribution in [0, 0.1) is 11.7 Å². The molecule has 1 fully saturated rings. The molecule has 1 heteroatoms. The average molecular weight is 322 g/mol. The third-order valence-corrected chi connectivity index (χ3v) is 5.38. The first-order valence-electron chi connectivity index (χ1n) is 9.17. The number of benzene rings is 2. The predicted molar refractivity (Wildman–Crippen MR) is 101 cm³/mol. The van der Waals surface area contributed by atoms with E-state index >= 15 is 0 Å². The molecule has 0 spiro atoms. The second-order valence-electron chi connectivity index (χ2n) is 7.22. The molecule has 0 amide bonds. The van der Waals surface area contributed by atoms with Gasteiger partial charge in [-0.1, -0.05) is 62.2 Å². The van der Waals surface area contributed by atoms with Crippen LogP contribution in [-0.4, -0.2) is 0 Å². The molecule has 126 valence electrons. The van der Waals surface area contributed by atoms with Gasteiger partial charge in [-0.3, -0.25) is 0 Å². The van der Waals surface area contributed by atoms with Gasteiger partial charge in [0.1, 0.15) is 5.82 Å². The molecule has 0 nitrogen and oxygen atoms in total. The van der Waals surface area contributed by atoms with Crippen molar-refractivity contribution in [3.05, 3.63) is 72.1 Å². The molecular formula is C23H27F. The molecule has 1 saturated carbocycles. The molecule has 1 aliphatic carbocycles. The molecular weight excluding hydrogens is 295 g/mol. The van der Waals surface area contributed by atoms with E-state index < -0.39 is 0 Å². The van der Waals surface area contributed by atoms with Gasteiger partial charge in [-0.05, 0) is 60.3 Å². The van der Waals surface area contributed by atoms with Crippen LogP contribution < -0.4 is 0 Å². The van der Waals surface area contributed by atoms with E-state index in [1.807, 2.05) is 24.3 Å². The molecule has 3 rings (SSSR count). The summed E-state index contributed by atoms with van der Waals surface area (Å²) in [5.41, 5.74) is 4.11. The van der Waals surface area contributed by atoms with Crippen molar-refractivity contribution >= 4 is 0 Å². The Morgan fingerprint density at radius 3 is 2.38 bits per heavy atom. The summed E-state index contributed by atoms with van der Waals surface area (Å²) >= 11 is 0. The maximum atomic E-state index is 14.7. The first-order chi connectivity index (χ1) is 11.7. The highest BCUT2D eigenvalue weighted by molar-refractivity contribution is 5.65. The number of allylic oxidation sites excluding steroid dienone is 1. The Hall–Kier alpha value is -1.89. The first kappa shape index (κ1) is 17.0. The van der Waals surface area contributed by atoms with E-state index in [0.29, 0.717) is 11.5 Å². The minimum Gasteiger partial charge on any atom is -0.206 e. The van der Waals surface area contributed by atoms with Crippen LogP contribution in [0.4, 0.5) is 4.39 Å². The Labute approximate surface area is 145 Å². The molecule has 0 atom stereocenters. The average Bonchev–Trinajstić information content (AvgIpc) is 2.61. The number of aryl methyl sites for hydroxylation is 1. The minimum absolute atomic E-state index is 0.0926. The monoisotopic (exact) mass is 322 g/mol. The van der Waals surface area contributed by atoms with Crippen LogP contribution in [0.25, 0.3) is 11.1 Å². The summed E-state index contributed by atoms with van der Waals surface area (Å²) in [7, 11) is 0. The van der Waals surface area contributed by atoms with Crippen molar-refractivity contribution < 1.29 is 4.39 Å². The van der Waals surface area contributed by atoms with E-state index in [-0.39, 0.29) is 5.82 Å². The van der Waals surface area contributed by atoms with Crippen molar-refractivity contribution in [2.24, 2.45) is 5.92 Å². The van der Waals surface area contributed by atoms with Crippen molar-refractivity contribution in [3.8, 4) is 11.1 Å². The molecule has 0 aromatic heterocycles. The highest BCUT2D eigenvalue weighted by Gasteiger charge is 2.20. The molecule has 2 aromatic rings. The highest BCUT2D eigenvalue weighted by Crippen LogP contribution is 2.37. The largest absolute Gasteiger partial charge is 0.206 e. The summed E-state index contributed by atoms with van der Waals surface area (Å²) < 4.78 is 14.7. The fourth-order valence-electron chi connectivity index (χ4n) is 3.73. The molecule has 0 saturated heterocycles. The Bertz CT molecular complexity index is 676. The van der Waals surface area contributed by atoms with Gasteiger partial charge in [-0.2, -0.15) is 0 Å². The van der Waals surface area contributed by atoms with Gasteiger partial charge in [-0.15, -0.1) is 6.58 Å². The second-order valence-corrected chi connectivity index (χ2v) is 7.22. The Morgan fingerprint density at radius 2 is 1.75 bits per heavy atom. The molecule has 1 aliphatic rings. The van der Waals surface area contributed by atoms with Crippen molar-refractivity contribution in [3.63, 3.8) is 0 Å². The van der Waals surface area contributed by atoms with Crippen LogP contribution >= 0.6 is 0 Å². The normalized spacial score (nSPS) is 20.8. The predicted octanol–water partition coefficient (Wildman–Crippen LogP) is 6.91. The van der Waals surface area contributed by atoms with E-state index in [1.54, 1.807) is 6.07 Å². The molecule has 24 heavy (non-hydrogen) atoms. The topological polar surface area (TPSA) is 0 Å². The van der Waals surface area contributed by atoms with Crippen LogP contribution in [0.5, 0.6) is 0 Å². The summed E-state index contributed by atoms with van der Waals surface area (Å²) in [6, 6.07) is 14.1. The smallest absolute Gasteiger partial charge is 0.131 e. The molecule has 0 radical (unpaired) electrons. The fourth-order valence-corrected chi connectivity index (χ4v) is 3.73. The zero-order valence-electron chi connectivity index (χ0n) is 14.6. The summed E-state index contributed by atoms with van der Waals surface area (Å²) in [6.07, 6.45) is 8.81. The van der Waals surface area contributed by atoms with Crippen LogP contribution in [0.2, 0.25) is 0 Å². The first-order valence-corrected chi connectivity index (χ1v) is 9.17. The summed E-state index contributed by atoms with van der Waals surface area (Å²) in [5.74, 6) is 1.26. The SMILES string of the molecule is C=CCCc1ccc(-c2ccc(C3CCC(C)CC3)cc2F)cc1. The summed E-state index contributed by atoms with van der Waals surface area (Å²) in [5, 5.41) is 0. The lowest BCUT2D eigenvalue weighted by Crippen LogP contribution is -2.11. The van der Waals surface area contributed by atoms with Gasteiger partial charge in [0.25, 0.3) is 0 Å². The summed E-state index contributed by atoms with van der Waals surface area (Å²) in [4.78, 5) is 0. The molecule has 0 heterocycles. The summed E-state index contributed by atoms with van der Waals surface area (Å²) in [6.45, 7) is 6.07. The lowest BCUT2D eigenvalue weighted by molar-refractivity contribution is 0.347. The molecule has 0 unspecified atom stereocenters. The Balaban J connectivity index is 1.76. The van der Waals surface area contributed by atoms with Crippen molar-refractivity contribution in [1.82, 2.24) is 0 Å². The van der Waals surface area contributed by atoms with Gasteiger partial charge in [0, 0.05) is 5.56 Å². The lowest BCUT2D eigenvalue weighted by Gasteiger charge is -2.26. The van der Waals surface area contributed by atoms with Gasteiger partial charge in [-0.25, -0.2) is 4.39 Å². The Morgan fingerprint density at radius 1 is 1.04 bits per heavy atom. The van der Waals surface area contributed by atoms with Crippen LogP contribution in [-0.2, 0) is 6.42 Å². The molecule has 0 aliphatic heterocycles. The van der Waals surface area contributed by atoms with Crippen molar-refractivity contribution in [1.29, 1.82) is 0 Å². The van der Waals surface area contributed by atoms with Gasteiger partial charge in [0.15, 0.2) is 0 Å². The third-order valence-electron chi connectivity index (χ3n) is 5.38. The molecule has 0 bridgehead atoms. The van der Waals surface area contributed by atoms with E-state index in [4.69, 9.17) is 0 Å². The number of rotatable bonds is 5. The molecule has 2 aromatic carbocycles. The third kappa shape index (κ3) is 3.95. The van der Waals surface area contributed by atoms with Crippen molar-refractivity contribution in [2.45, 2.75) is 51.4 Å². The molecule has 0 N–H and O–H groups in total. The van der Waals surface area contributed by atoms with E-state index in [1.165, 1.54) is 36.8 Å². The lowest BCUT2D eigenvalue weighted by atomic mass is 9.79. The fraction of sp³-hybridized carbons (Fsp3) is 0.391. The maximum Gasteiger partial charge on any atom is 0.131 e. The van der Waals surface area contributed by atoms with E-state index in [9.17, 15) is 4.39 Å². The van der Waals surface area contributed by atoms with Gasteiger partial charge in [0.2, 0.25) is 0 Å².